The third-order valence-corrected chi connectivity index (χ3v) is 4.00. The van der Waals surface area contributed by atoms with Crippen molar-refractivity contribution in [3.8, 4) is 5.75 Å². The van der Waals surface area contributed by atoms with Gasteiger partial charge in [-0.3, -0.25) is 4.79 Å². The van der Waals surface area contributed by atoms with Crippen LogP contribution in [0.5, 0.6) is 5.75 Å². The van der Waals surface area contributed by atoms with Gasteiger partial charge in [-0.1, -0.05) is 18.2 Å². The number of nitrogens with one attached hydrogen (secondary N) is 2. The van der Waals surface area contributed by atoms with Crippen molar-refractivity contribution in [1.82, 2.24) is 9.97 Å². The van der Waals surface area contributed by atoms with E-state index < -0.39 is 0 Å². The molecule has 0 aliphatic heterocycles. The highest BCUT2D eigenvalue weighted by Gasteiger charge is 2.09. The highest BCUT2D eigenvalue weighted by molar-refractivity contribution is 6.02. The van der Waals surface area contributed by atoms with Crippen LogP contribution in [0.15, 0.2) is 54.9 Å². The Hall–Kier alpha value is -3.41. The SMILES string of the molecule is COc1ccc(CNc2cnc(C(=O)Nc3cc(C)cc(C)c3)cn2)cc1. The molecule has 1 amide bonds. The maximum absolute atomic E-state index is 12.3. The molecular formula is C21H22N4O2. The summed E-state index contributed by atoms with van der Waals surface area (Å²) in [6.45, 7) is 4.59. The van der Waals surface area contributed by atoms with E-state index in [4.69, 9.17) is 4.74 Å². The lowest BCUT2D eigenvalue weighted by molar-refractivity contribution is 0.102. The lowest BCUT2D eigenvalue weighted by Crippen LogP contribution is -2.14. The lowest BCUT2D eigenvalue weighted by Gasteiger charge is -2.08. The van der Waals surface area contributed by atoms with Gasteiger partial charge in [-0.2, -0.15) is 0 Å². The highest BCUT2D eigenvalue weighted by Crippen LogP contribution is 2.15. The summed E-state index contributed by atoms with van der Waals surface area (Å²) in [5, 5.41) is 6.04. The molecule has 138 valence electrons. The molecule has 0 aliphatic rings. The molecule has 6 nitrogen and oxygen atoms in total. The number of aromatic nitrogens is 2. The van der Waals surface area contributed by atoms with Crippen molar-refractivity contribution in [3.63, 3.8) is 0 Å². The molecule has 0 atom stereocenters. The number of aryl methyl sites for hydroxylation is 2. The summed E-state index contributed by atoms with van der Waals surface area (Å²) in [7, 11) is 1.64. The van der Waals surface area contributed by atoms with Crippen LogP contribution in [0.1, 0.15) is 27.2 Å². The van der Waals surface area contributed by atoms with Crippen molar-refractivity contribution in [2.45, 2.75) is 20.4 Å². The number of benzene rings is 2. The lowest BCUT2D eigenvalue weighted by atomic mass is 10.1. The molecule has 0 unspecified atom stereocenters. The molecule has 6 heteroatoms. The Kier molecular flexibility index (Phi) is 5.66. The summed E-state index contributed by atoms with van der Waals surface area (Å²) in [4.78, 5) is 20.8. The van der Waals surface area contributed by atoms with Crippen molar-refractivity contribution >= 4 is 17.4 Å². The molecule has 0 bridgehead atoms. The largest absolute Gasteiger partial charge is 0.497 e. The smallest absolute Gasteiger partial charge is 0.275 e. The van der Waals surface area contributed by atoms with Crippen molar-refractivity contribution in [2.75, 3.05) is 17.7 Å². The van der Waals surface area contributed by atoms with E-state index in [9.17, 15) is 4.79 Å². The quantitative estimate of drug-likeness (QED) is 0.694. The van der Waals surface area contributed by atoms with Gasteiger partial charge >= 0.3 is 0 Å². The van der Waals surface area contributed by atoms with Crippen molar-refractivity contribution in [1.29, 1.82) is 0 Å². The van der Waals surface area contributed by atoms with Gasteiger partial charge in [-0.15, -0.1) is 0 Å². The van der Waals surface area contributed by atoms with E-state index in [1.807, 2.05) is 50.2 Å². The van der Waals surface area contributed by atoms with Crippen LogP contribution < -0.4 is 15.4 Å². The molecule has 27 heavy (non-hydrogen) atoms. The van der Waals surface area contributed by atoms with E-state index in [2.05, 4.69) is 26.7 Å². The van der Waals surface area contributed by atoms with E-state index in [-0.39, 0.29) is 11.6 Å². The van der Waals surface area contributed by atoms with Crippen LogP contribution in [-0.4, -0.2) is 23.0 Å². The second-order valence-corrected chi connectivity index (χ2v) is 6.32. The Balaban J connectivity index is 1.59. The third-order valence-electron chi connectivity index (χ3n) is 4.00. The van der Waals surface area contributed by atoms with E-state index in [1.165, 1.54) is 6.20 Å². The van der Waals surface area contributed by atoms with Gasteiger partial charge in [0.05, 0.1) is 19.5 Å². The number of methoxy groups -OCH3 is 1. The van der Waals surface area contributed by atoms with Gasteiger partial charge in [0.1, 0.15) is 17.3 Å². The highest BCUT2D eigenvalue weighted by atomic mass is 16.5. The first kappa shape index (κ1) is 18.4. The van der Waals surface area contributed by atoms with Crippen LogP contribution in [0.25, 0.3) is 0 Å². The maximum atomic E-state index is 12.3. The average molecular weight is 362 g/mol. The zero-order valence-corrected chi connectivity index (χ0v) is 15.6. The van der Waals surface area contributed by atoms with Gasteiger partial charge in [-0.25, -0.2) is 9.97 Å². The minimum absolute atomic E-state index is 0.268. The predicted octanol–water partition coefficient (Wildman–Crippen LogP) is 3.97. The first-order valence-corrected chi connectivity index (χ1v) is 8.62. The van der Waals surface area contributed by atoms with Gasteiger partial charge in [0.2, 0.25) is 0 Å². The number of rotatable bonds is 6. The number of amides is 1. The Morgan fingerprint density at radius 2 is 1.70 bits per heavy atom. The first-order chi connectivity index (χ1) is 13.0. The maximum Gasteiger partial charge on any atom is 0.275 e. The molecule has 2 aromatic carbocycles. The topological polar surface area (TPSA) is 76.1 Å². The Bertz CT molecular complexity index is 902. The molecule has 0 saturated heterocycles. The molecule has 2 N–H and O–H groups in total. The molecule has 1 heterocycles. The van der Waals surface area contributed by atoms with E-state index in [1.54, 1.807) is 13.3 Å². The molecule has 1 aromatic heterocycles. The summed E-state index contributed by atoms with van der Waals surface area (Å²) in [5.41, 5.74) is 4.29. The van der Waals surface area contributed by atoms with Crippen molar-refractivity contribution < 1.29 is 9.53 Å². The number of anilines is 2. The van der Waals surface area contributed by atoms with Gasteiger partial charge in [-0.05, 0) is 54.8 Å². The summed E-state index contributed by atoms with van der Waals surface area (Å²) in [6.07, 6.45) is 3.02. The fourth-order valence-corrected chi connectivity index (χ4v) is 2.71. The number of ether oxygens (including phenoxy) is 1. The van der Waals surface area contributed by atoms with Crippen LogP contribution >= 0.6 is 0 Å². The molecule has 3 rings (SSSR count). The number of carbonyl (C=O) groups is 1. The molecular weight excluding hydrogens is 340 g/mol. The molecule has 0 fully saturated rings. The van der Waals surface area contributed by atoms with Crippen LogP contribution in [0.3, 0.4) is 0 Å². The minimum Gasteiger partial charge on any atom is -0.497 e. The summed E-state index contributed by atoms with van der Waals surface area (Å²) in [5.74, 6) is 1.14. The second-order valence-electron chi connectivity index (χ2n) is 6.32. The van der Waals surface area contributed by atoms with Gasteiger partial charge in [0, 0.05) is 12.2 Å². The second kappa shape index (κ2) is 8.31. The monoisotopic (exact) mass is 362 g/mol. The summed E-state index contributed by atoms with van der Waals surface area (Å²) < 4.78 is 5.14. The Labute approximate surface area is 158 Å². The Morgan fingerprint density at radius 1 is 1.00 bits per heavy atom. The van der Waals surface area contributed by atoms with Crippen LogP contribution in [0.4, 0.5) is 11.5 Å². The Morgan fingerprint density at radius 3 is 2.30 bits per heavy atom. The fraction of sp³-hybridized carbons (Fsp3) is 0.190. The first-order valence-electron chi connectivity index (χ1n) is 8.62. The van der Waals surface area contributed by atoms with Crippen molar-refractivity contribution in [2.24, 2.45) is 0 Å². The number of nitrogens with zero attached hydrogens (tertiary/aromatic N) is 2. The molecule has 0 saturated carbocycles. The molecule has 0 aliphatic carbocycles. The number of hydrogen-bond donors (Lipinski definition) is 2. The van der Waals surface area contributed by atoms with Crippen LogP contribution in [0, 0.1) is 13.8 Å². The molecule has 0 radical (unpaired) electrons. The van der Waals surface area contributed by atoms with Gasteiger partial charge in [0.15, 0.2) is 0 Å². The van der Waals surface area contributed by atoms with Crippen LogP contribution in [-0.2, 0) is 6.54 Å². The van der Waals surface area contributed by atoms with Gasteiger partial charge < -0.3 is 15.4 Å². The summed E-state index contributed by atoms with van der Waals surface area (Å²) in [6, 6.07) is 13.7. The fourth-order valence-electron chi connectivity index (χ4n) is 2.71. The zero-order chi connectivity index (χ0) is 19.2. The third kappa shape index (κ3) is 5.04. The molecule has 0 spiro atoms. The van der Waals surface area contributed by atoms with E-state index in [0.29, 0.717) is 12.4 Å². The summed E-state index contributed by atoms with van der Waals surface area (Å²) >= 11 is 0. The predicted molar refractivity (Wildman–Crippen MR) is 106 cm³/mol. The number of hydrogen-bond acceptors (Lipinski definition) is 5. The van der Waals surface area contributed by atoms with E-state index in [0.717, 1.165) is 28.1 Å². The zero-order valence-electron chi connectivity index (χ0n) is 15.6. The van der Waals surface area contributed by atoms with Crippen molar-refractivity contribution in [3.05, 3.63) is 77.2 Å². The van der Waals surface area contributed by atoms with Crippen LogP contribution in [0.2, 0.25) is 0 Å². The number of carbonyl (C=O) groups excluding carboxylic acids is 1. The standard InChI is InChI=1S/C21H22N4O2/c1-14-8-15(2)10-17(9-14)25-21(26)19-12-24-20(13-22-19)23-11-16-4-6-18(27-3)7-5-16/h4-10,12-13H,11H2,1-3H3,(H,23,24)(H,25,26). The average Bonchev–Trinajstić information content (AvgIpc) is 2.66. The minimum atomic E-state index is -0.283. The molecule has 3 aromatic rings. The normalized spacial score (nSPS) is 10.3. The van der Waals surface area contributed by atoms with Gasteiger partial charge in [0.25, 0.3) is 5.91 Å². The van der Waals surface area contributed by atoms with E-state index >= 15 is 0 Å².